The Morgan fingerprint density at radius 1 is 1.39 bits per heavy atom. The van der Waals surface area contributed by atoms with Crippen molar-refractivity contribution in [2.24, 2.45) is 0 Å². The van der Waals surface area contributed by atoms with Crippen LogP contribution in [0.15, 0.2) is 34.4 Å². The second-order valence-electron chi connectivity index (χ2n) is 4.09. The van der Waals surface area contributed by atoms with E-state index in [2.05, 4.69) is 10.3 Å². The van der Waals surface area contributed by atoms with E-state index in [1.807, 2.05) is 24.4 Å². The van der Waals surface area contributed by atoms with Crippen LogP contribution in [-0.4, -0.2) is 10.9 Å². The van der Waals surface area contributed by atoms with E-state index in [9.17, 15) is 9.59 Å². The summed E-state index contributed by atoms with van der Waals surface area (Å²) in [4.78, 5) is 27.3. The maximum Gasteiger partial charge on any atom is 0.260 e. The maximum atomic E-state index is 12.0. The summed E-state index contributed by atoms with van der Waals surface area (Å²) in [6.07, 6.45) is 0. The molecule has 5 heteroatoms. The van der Waals surface area contributed by atoms with Crippen molar-refractivity contribution in [3.8, 4) is 0 Å². The van der Waals surface area contributed by atoms with E-state index >= 15 is 0 Å². The molecule has 4 nitrogen and oxygen atoms in total. The molecule has 2 heterocycles. The summed E-state index contributed by atoms with van der Waals surface area (Å²) in [5.41, 5.74) is 0.526. The van der Waals surface area contributed by atoms with Gasteiger partial charge in [0.05, 0.1) is 6.04 Å². The van der Waals surface area contributed by atoms with Gasteiger partial charge in [0.25, 0.3) is 11.5 Å². The summed E-state index contributed by atoms with van der Waals surface area (Å²) in [7, 11) is 0. The van der Waals surface area contributed by atoms with Gasteiger partial charge < -0.3 is 10.3 Å². The molecule has 0 radical (unpaired) electrons. The Kier molecular flexibility index (Phi) is 3.62. The molecule has 0 spiro atoms. The topological polar surface area (TPSA) is 62.0 Å². The standard InChI is InChI=1S/C13H14N2O2S/c1-8-5-6-10(12(16)14-8)13(17)15-9(2)11-4-3-7-18-11/h3-7,9H,1-2H3,(H,14,16)(H,15,17). The first-order valence-electron chi connectivity index (χ1n) is 5.62. The highest BCUT2D eigenvalue weighted by Crippen LogP contribution is 2.18. The van der Waals surface area contributed by atoms with Crippen LogP contribution in [0.25, 0.3) is 0 Å². The zero-order chi connectivity index (χ0) is 13.1. The number of carbonyl (C=O) groups excluding carboxylic acids is 1. The van der Waals surface area contributed by atoms with E-state index in [-0.39, 0.29) is 23.1 Å². The van der Waals surface area contributed by atoms with Gasteiger partial charge in [-0.1, -0.05) is 6.07 Å². The molecule has 94 valence electrons. The molecule has 0 aliphatic heterocycles. The van der Waals surface area contributed by atoms with Crippen LogP contribution in [0.1, 0.15) is 33.9 Å². The number of hydrogen-bond acceptors (Lipinski definition) is 3. The van der Waals surface area contributed by atoms with Crippen LogP contribution in [0, 0.1) is 6.92 Å². The van der Waals surface area contributed by atoms with Crippen molar-refractivity contribution in [1.82, 2.24) is 10.3 Å². The summed E-state index contributed by atoms with van der Waals surface area (Å²) in [5, 5.41) is 4.77. The van der Waals surface area contributed by atoms with Gasteiger partial charge in [-0.3, -0.25) is 9.59 Å². The molecule has 0 saturated carbocycles. The van der Waals surface area contributed by atoms with Crippen molar-refractivity contribution < 1.29 is 4.79 Å². The molecule has 0 aliphatic carbocycles. The van der Waals surface area contributed by atoms with E-state index in [4.69, 9.17) is 0 Å². The first kappa shape index (κ1) is 12.6. The Balaban J connectivity index is 2.15. The predicted octanol–water partition coefficient (Wildman–Crippen LogP) is 2.24. The van der Waals surface area contributed by atoms with Gasteiger partial charge in [-0.15, -0.1) is 11.3 Å². The van der Waals surface area contributed by atoms with Gasteiger partial charge in [-0.25, -0.2) is 0 Å². The zero-order valence-corrected chi connectivity index (χ0v) is 11.0. The molecule has 0 bridgehead atoms. The molecule has 18 heavy (non-hydrogen) atoms. The number of aromatic nitrogens is 1. The van der Waals surface area contributed by atoms with Crippen LogP contribution in [0.3, 0.4) is 0 Å². The molecule has 2 N–H and O–H groups in total. The Hall–Kier alpha value is -1.88. The molecular formula is C13H14N2O2S. The molecule has 0 aliphatic rings. The Bertz CT molecular complexity index is 602. The fraction of sp³-hybridized carbons (Fsp3) is 0.231. The third-order valence-corrected chi connectivity index (χ3v) is 3.67. The molecule has 0 saturated heterocycles. The average Bonchev–Trinajstić information content (AvgIpc) is 2.81. The minimum Gasteiger partial charge on any atom is -0.345 e. The van der Waals surface area contributed by atoms with Crippen molar-refractivity contribution in [2.45, 2.75) is 19.9 Å². The van der Waals surface area contributed by atoms with E-state index in [1.165, 1.54) is 0 Å². The lowest BCUT2D eigenvalue weighted by Crippen LogP contribution is -2.31. The van der Waals surface area contributed by atoms with Crippen molar-refractivity contribution in [3.63, 3.8) is 0 Å². The highest BCUT2D eigenvalue weighted by molar-refractivity contribution is 7.10. The van der Waals surface area contributed by atoms with Crippen molar-refractivity contribution >= 4 is 17.2 Å². The van der Waals surface area contributed by atoms with Crippen LogP contribution < -0.4 is 10.9 Å². The molecule has 2 rings (SSSR count). The van der Waals surface area contributed by atoms with Gasteiger partial charge in [0, 0.05) is 10.6 Å². The number of H-pyrrole nitrogens is 1. The second kappa shape index (κ2) is 5.18. The van der Waals surface area contributed by atoms with Crippen molar-refractivity contribution in [3.05, 3.63) is 56.1 Å². The van der Waals surface area contributed by atoms with Gasteiger partial charge in [-0.05, 0) is 37.4 Å². The second-order valence-corrected chi connectivity index (χ2v) is 5.07. The number of aromatic amines is 1. The predicted molar refractivity (Wildman–Crippen MR) is 72.0 cm³/mol. The number of rotatable bonds is 3. The summed E-state index contributed by atoms with van der Waals surface area (Å²) in [5.74, 6) is -0.350. The van der Waals surface area contributed by atoms with Crippen molar-refractivity contribution in [2.75, 3.05) is 0 Å². The highest BCUT2D eigenvalue weighted by Gasteiger charge is 2.14. The van der Waals surface area contributed by atoms with E-state index < -0.39 is 0 Å². The minimum absolute atomic E-state index is 0.0989. The van der Waals surface area contributed by atoms with Crippen LogP contribution in [0.5, 0.6) is 0 Å². The van der Waals surface area contributed by atoms with Gasteiger partial charge in [0.15, 0.2) is 0 Å². The molecule has 0 fully saturated rings. The summed E-state index contributed by atoms with van der Waals surface area (Å²) in [6, 6.07) is 7.05. The van der Waals surface area contributed by atoms with Crippen molar-refractivity contribution in [1.29, 1.82) is 0 Å². The number of pyridine rings is 1. The summed E-state index contributed by atoms with van der Waals surface area (Å²) in [6.45, 7) is 3.67. The van der Waals surface area contributed by atoms with Crippen LogP contribution in [0.4, 0.5) is 0 Å². The lowest BCUT2D eigenvalue weighted by Gasteiger charge is -2.11. The number of nitrogens with one attached hydrogen (secondary N) is 2. The Labute approximate surface area is 109 Å². The minimum atomic E-state index is -0.356. The van der Waals surface area contributed by atoms with E-state index in [0.29, 0.717) is 0 Å². The SMILES string of the molecule is Cc1ccc(C(=O)NC(C)c2cccs2)c(=O)[nH]1. The van der Waals surface area contributed by atoms with Gasteiger partial charge >= 0.3 is 0 Å². The Morgan fingerprint density at radius 3 is 2.78 bits per heavy atom. The molecular weight excluding hydrogens is 248 g/mol. The molecule has 0 aromatic carbocycles. The Morgan fingerprint density at radius 2 is 2.17 bits per heavy atom. The van der Waals surface area contributed by atoms with Crippen LogP contribution >= 0.6 is 11.3 Å². The number of thiophene rings is 1. The fourth-order valence-corrected chi connectivity index (χ4v) is 2.37. The first-order valence-corrected chi connectivity index (χ1v) is 6.50. The average molecular weight is 262 g/mol. The van der Waals surface area contributed by atoms with E-state index in [0.717, 1.165) is 10.6 Å². The molecule has 1 amide bonds. The third kappa shape index (κ3) is 2.68. The van der Waals surface area contributed by atoms with Crippen LogP contribution in [-0.2, 0) is 0 Å². The smallest absolute Gasteiger partial charge is 0.260 e. The summed E-state index contributed by atoms with van der Waals surface area (Å²) < 4.78 is 0. The number of carbonyl (C=O) groups is 1. The monoisotopic (exact) mass is 262 g/mol. The lowest BCUT2D eigenvalue weighted by molar-refractivity contribution is 0.0939. The molecule has 1 unspecified atom stereocenters. The van der Waals surface area contributed by atoms with Crippen LogP contribution in [0.2, 0.25) is 0 Å². The maximum absolute atomic E-state index is 12.0. The zero-order valence-electron chi connectivity index (χ0n) is 10.2. The van der Waals surface area contributed by atoms with Gasteiger partial charge in [0.2, 0.25) is 0 Å². The van der Waals surface area contributed by atoms with Gasteiger partial charge in [0.1, 0.15) is 5.56 Å². The third-order valence-electron chi connectivity index (χ3n) is 2.62. The molecule has 1 atom stereocenters. The molecule has 2 aromatic rings. The highest BCUT2D eigenvalue weighted by atomic mass is 32.1. The quantitative estimate of drug-likeness (QED) is 0.891. The fourth-order valence-electron chi connectivity index (χ4n) is 1.63. The number of hydrogen-bond donors (Lipinski definition) is 2. The first-order chi connectivity index (χ1) is 8.58. The number of aryl methyl sites for hydroxylation is 1. The summed E-state index contributed by atoms with van der Waals surface area (Å²) >= 11 is 1.57. The normalized spacial score (nSPS) is 12.1. The molecule has 2 aromatic heterocycles. The van der Waals surface area contributed by atoms with E-state index in [1.54, 1.807) is 30.4 Å². The number of amides is 1. The largest absolute Gasteiger partial charge is 0.345 e. The lowest BCUT2D eigenvalue weighted by atomic mass is 10.2. The van der Waals surface area contributed by atoms with Gasteiger partial charge in [-0.2, -0.15) is 0 Å².